The summed E-state index contributed by atoms with van der Waals surface area (Å²) in [4.78, 5) is 0. The molecule has 1 atom stereocenters. The van der Waals surface area contributed by atoms with Gasteiger partial charge in [-0.15, -0.1) is 0 Å². The van der Waals surface area contributed by atoms with Gasteiger partial charge in [-0.05, 0) is 11.6 Å². The van der Waals surface area contributed by atoms with Gasteiger partial charge in [0.15, 0.2) is 0 Å². The Kier molecular flexibility index (Phi) is 3.85. The van der Waals surface area contributed by atoms with E-state index >= 15 is 0 Å². The topological polar surface area (TPSA) is 55.5 Å². The molecule has 0 radical (unpaired) electrons. The lowest BCUT2D eigenvalue weighted by Gasteiger charge is -2.09. The Labute approximate surface area is 82.3 Å². The standard InChI is InChI=1S/C10H14FNO2/c1-14-9-3-2-7(10(11)5-9)4-8(13)6-12/h2-3,5,8,13H,4,6,12H2,1H3. The molecule has 1 rings (SSSR count). The fraction of sp³-hybridized carbons (Fsp3) is 0.400. The Balaban J connectivity index is 2.78. The molecule has 0 saturated heterocycles. The van der Waals surface area contributed by atoms with Crippen molar-refractivity contribution < 1.29 is 14.2 Å². The molecule has 0 bridgehead atoms. The second kappa shape index (κ2) is 4.93. The van der Waals surface area contributed by atoms with Crippen LogP contribution in [0, 0.1) is 5.82 Å². The molecule has 1 unspecified atom stereocenters. The van der Waals surface area contributed by atoms with Gasteiger partial charge in [-0.2, -0.15) is 0 Å². The Morgan fingerprint density at radius 1 is 1.57 bits per heavy atom. The smallest absolute Gasteiger partial charge is 0.130 e. The number of aliphatic hydroxyl groups excluding tert-OH is 1. The Bertz CT molecular complexity index is 304. The summed E-state index contributed by atoms with van der Waals surface area (Å²) in [5.41, 5.74) is 5.68. The average molecular weight is 199 g/mol. The fourth-order valence-electron chi connectivity index (χ4n) is 1.16. The van der Waals surface area contributed by atoms with Gasteiger partial charge in [0.2, 0.25) is 0 Å². The van der Waals surface area contributed by atoms with Gasteiger partial charge in [0.1, 0.15) is 11.6 Å². The summed E-state index contributed by atoms with van der Waals surface area (Å²) in [5, 5.41) is 9.24. The molecule has 1 aromatic rings. The van der Waals surface area contributed by atoms with Gasteiger partial charge in [-0.1, -0.05) is 6.07 Å². The van der Waals surface area contributed by atoms with Crippen LogP contribution in [0.3, 0.4) is 0 Å². The van der Waals surface area contributed by atoms with Crippen LogP contribution in [-0.2, 0) is 6.42 Å². The summed E-state index contributed by atoms with van der Waals surface area (Å²) >= 11 is 0. The van der Waals surface area contributed by atoms with E-state index in [2.05, 4.69) is 0 Å². The minimum atomic E-state index is -0.696. The number of hydrogen-bond donors (Lipinski definition) is 2. The zero-order valence-corrected chi connectivity index (χ0v) is 8.03. The van der Waals surface area contributed by atoms with E-state index in [1.165, 1.54) is 13.2 Å². The summed E-state index contributed by atoms with van der Waals surface area (Å²) in [6.45, 7) is 0.130. The summed E-state index contributed by atoms with van der Waals surface area (Å²) < 4.78 is 18.2. The third-order valence-corrected chi connectivity index (χ3v) is 1.99. The monoisotopic (exact) mass is 199 g/mol. The summed E-state index contributed by atoms with van der Waals surface area (Å²) in [7, 11) is 1.48. The number of nitrogens with two attached hydrogens (primary N) is 1. The van der Waals surface area contributed by atoms with Gasteiger partial charge in [-0.3, -0.25) is 0 Å². The third-order valence-electron chi connectivity index (χ3n) is 1.99. The van der Waals surface area contributed by atoms with Gasteiger partial charge in [0, 0.05) is 19.0 Å². The molecule has 3 N–H and O–H groups in total. The molecule has 0 fully saturated rings. The highest BCUT2D eigenvalue weighted by molar-refractivity contribution is 5.29. The quantitative estimate of drug-likeness (QED) is 0.750. The molecule has 1 aromatic carbocycles. The Morgan fingerprint density at radius 2 is 2.29 bits per heavy atom. The Hall–Kier alpha value is -1.13. The zero-order chi connectivity index (χ0) is 10.6. The first-order chi connectivity index (χ1) is 6.67. The van der Waals surface area contributed by atoms with Gasteiger partial charge in [0.25, 0.3) is 0 Å². The van der Waals surface area contributed by atoms with E-state index in [0.29, 0.717) is 11.3 Å². The minimum Gasteiger partial charge on any atom is -0.497 e. The van der Waals surface area contributed by atoms with Gasteiger partial charge < -0.3 is 15.6 Å². The van der Waals surface area contributed by atoms with Gasteiger partial charge in [-0.25, -0.2) is 4.39 Å². The largest absolute Gasteiger partial charge is 0.497 e. The molecule has 0 aliphatic rings. The summed E-state index contributed by atoms with van der Waals surface area (Å²) in [6, 6.07) is 4.53. The van der Waals surface area contributed by atoms with Crippen LogP contribution in [0.2, 0.25) is 0 Å². The van der Waals surface area contributed by atoms with Crippen LogP contribution in [0.1, 0.15) is 5.56 Å². The van der Waals surface area contributed by atoms with Crippen LogP contribution >= 0.6 is 0 Å². The van der Waals surface area contributed by atoms with Crippen LogP contribution < -0.4 is 10.5 Å². The highest BCUT2D eigenvalue weighted by atomic mass is 19.1. The highest BCUT2D eigenvalue weighted by Gasteiger charge is 2.08. The van der Waals surface area contributed by atoms with Crippen LogP contribution in [0.5, 0.6) is 5.75 Å². The van der Waals surface area contributed by atoms with Crippen LogP contribution in [-0.4, -0.2) is 24.9 Å². The lowest BCUT2D eigenvalue weighted by molar-refractivity contribution is 0.182. The van der Waals surface area contributed by atoms with Gasteiger partial charge in [0.05, 0.1) is 13.2 Å². The fourth-order valence-corrected chi connectivity index (χ4v) is 1.16. The lowest BCUT2D eigenvalue weighted by atomic mass is 10.1. The molecule has 0 saturated carbocycles. The molecule has 4 heteroatoms. The number of ether oxygens (including phenoxy) is 1. The van der Waals surface area contributed by atoms with Crippen molar-refractivity contribution in [2.75, 3.05) is 13.7 Å². The molecule has 78 valence electrons. The van der Waals surface area contributed by atoms with Crippen molar-refractivity contribution in [2.45, 2.75) is 12.5 Å². The van der Waals surface area contributed by atoms with E-state index in [1.54, 1.807) is 12.1 Å². The first kappa shape index (κ1) is 10.9. The normalized spacial score (nSPS) is 12.6. The first-order valence-corrected chi connectivity index (χ1v) is 4.38. The average Bonchev–Trinajstić information content (AvgIpc) is 2.20. The molecule has 0 aliphatic heterocycles. The maximum absolute atomic E-state index is 13.3. The van der Waals surface area contributed by atoms with Crippen LogP contribution in [0.25, 0.3) is 0 Å². The lowest BCUT2D eigenvalue weighted by Crippen LogP contribution is -2.22. The van der Waals surface area contributed by atoms with Gasteiger partial charge >= 0.3 is 0 Å². The predicted octanol–water partition coefficient (Wildman–Crippen LogP) is 0.696. The van der Waals surface area contributed by atoms with E-state index < -0.39 is 6.10 Å². The van der Waals surface area contributed by atoms with Crippen molar-refractivity contribution in [3.8, 4) is 5.75 Å². The van der Waals surface area contributed by atoms with Crippen molar-refractivity contribution in [1.82, 2.24) is 0 Å². The van der Waals surface area contributed by atoms with Crippen molar-refractivity contribution in [3.05, 3.63) is 29.6 Å². The molecular weight excluding hydrogens is 185 g/mol. The molecule has 0 aromatic heterocycles. The summed E-state index contributed by atoms with van der Waals surface area (Å²) in [5.74, 6) is 0.0883. The number of hydrogen-bond acceptors (Lipinski definition) is 3. The van der Waals surface area contributed by atoms with Crippen molar-refractivity contribution in [2.24, 2.45) is 5.73 Å². The molecule has 0 spiro atoms. The number of methoxy groups -OCH3 is 1. The minimum absolute atomic E-state index is 0.130. The molecule has 0 amide bonds. The predicted molar refractivity (Wildman–Crippen MR) is 51.7 cm³/mol. The maximum atomic E-state index is 13.3. The van der Waals surface area contributed by atoms with Crippen LogP contribution in [0.4, 0.5) is 4.39 Å². The van der Waals surface area contributed by atoms with E-state index in [-0.39, 0.29) is 18.8 Å². The third kappa shape index (κ3) is 2.68. The molecule has 0 heterocycles. The highest BCUT2D eigenvalue weighted by Crippen LogP contribution is 2.17. The SMILES string of the molecule is COc1ccc(CC(O)CN)c(F)c1. The van der Waals surface area contributed by atoms with Crippen molar-refractivity contribution >= 4 is 0 Å². The van der Waals surface area contributed by atoms with Crippen LogP contribution in [0.15, 0.2) is 18.2 Å². The Morgan fingerprint density at radius 3 is 2.79 bits per heavy atom. The number of aliphatic hydroxyl groups is 1. The van der Waals surface area contributed by atoms with Crippen molar-refractivity contribution in [3.63, 3.8) is 0 Å². The molecule has 14 heavy (non-hydrogen) atoms. The second-order valence-corrected chi connectivity index (χ2v) is 3.05. The van der Waals surface area contributed by atoms with E-state index in [0.717, 1.165) is 0 Å². The molecule has 3 nitrogen and oxygen atoms in total. The zero-order valence-electron chi connectivity index (χ0n) is 8.03. The van der Waals surface area contributed by atoms with E-state index in [9.17, 15) is 9.50 Å². The molecular formula is C10H14FNO2. The second-order valence-electron chi connectivity index (χ2n) is 3.05. The van der Waals surface area contributed by atoms with Crippen molar-refractivity contribution in [1.29, 1.82) is 0 Å². The number of halogens is 1. The number of rotatable bonds is 4. The summed E-state index contributed by atoms with van der Waals surface area (Å²) in [6.07, 6.45) is -0.468. The maximum Gasteiger partial charge on any atom is 0.130 e. The van der Waals surface area contributed by atoms with E-state index in [1.807, 2.05) is 0 Å². The molecule has 0 aliphatic carbocycles. The number of benzene rings is 1. The van der Waals surface area contributed by atoms with E-state index in [4.69, 9.17) is 10.5 Å². The first-order valence-electron chi connectivity index (χ1n) is 4.38.